The number of fused-ring (bicyclic) bond motifs is 2. The zero-order valence-electron chi connectivity index (χ0n) is 15.0. The molecule has 0 amide bonds. The van der Waals surface area contributed by atoms with E-state index in [9.17, 15) is 13.6 Å². The van der Waals surface area contributed by atoms with E-state index in [2.05, 4.69) is 19.9 Å². The third kappa shape index (κ3) is 2.77. The van der Waals surface area contributed by atoms with Crippen LogP contribution in [0.1, 0.15) is 36.8 Å². The van der Waals surface area contributed by atoms with Crippen LogP contribution in [0.15, 0.2) is 29.3 Å². The summed E-state index contributed by atoms with van der Waals surface area (Å²) in [7, 11) is 0. The van der Waals surface area contributed by atoms with Crippen molar-refractivity contribution in [1.82, 2.24) is 24.5 Å². The quantitative estimate of drug-likeness (QED) is 0.600. The molecule has 4 aromatic rings. The topological polar surface area (TPSA) is 76.5 Å². The number of nitrogens with zero attached hydrogens (tertiary/aromatic N) is 4. The Balaban J connectivity index is 1.98. The molecule has 6 nitrogen and oxygen atoms in total. The van der Waals surface area contributed by atoms with Crippen molar-refractivity contribution in [3.05, 3.63) is 63.6 Å². The zero-order valence-corrected chi connectivity index (χ0v) is 15.0. The Kier molecular flexibility index (Phi) is 3.98. The number of halogens is 2. The van der Waals surface area contributed by atoms with Gasteiger partial charge in [0.05, 0.1) is 17.8 Å². The van der Waals surface area contributed by atoms with Crippen LogP contribution in [0.25, 0.3) is 22.1 Å². The van der Waals surface area contributed by atoms with Crippen LogP contribution < -0.4 is 5.56 Å². The van der Waals surface area contributed by atoms with Crippen LogP contribution in [-0.2, 0) is 6.54 Å². The molecule has 0 aliphatic carbocycles. The largest absolute Gasteiger partial charge is 0.319 e. The number of nitrogens with one attached hydrogen (secondary N) is 1. The Morgan fingerprint density at radius 1 is 1.22 bits per heavy atom. The third-order valence-corrected chi connectivity index (χ3v) is 4.58. The Morgan fingerprint density at radius 3 is 2.74 bits per heavy atom. The highest BCUT2D eigenvalue weighted by Crippen LogP contribution is 2.26. The molecule has 8 heteroatoms. The lowest BCUT2D eigenvalue weighted by atomic mass is 10.1. The van der Waals surface area contributed by atoms with Crippen molar-refractivity contribution in [2.45, 2.75) is 33.2 Å². The lowest BCUT2D eigenvalue weighted by molar-refractivity contribution is 0.515. The van der Waals surface area contributed by atoms with E-state index in [0.717, 1.165) is 17.6 Å². The lowest BCUT2D eigenvalue weighted by Gasteiger charge is -2.13. The first-order chi connectivity index (χ1) is 12.9. The van der Waals surface area contributed by atoms with E-state index in [-0.39, 0.29) is 18.0 Å². The summed E-state index contributed by atoms with van der Waals surface area (Å²) in [6.45, 7) is 6.12. The average molecular weight is 369 g/mol. The fourth-order valence-electron chi connectivity index (χ4n) is 3.30. The number of imidazole rings is 1. The van der Waals surface area contributed by atoms with E-state index < -0.39 is 17.2 Å². The normalized spacial score (nSPS) is 11.8. The minimum absolute atomic E-state index is 0.0982. The highest BCUT2D eigenvalue weighted by molar-refractivity contribution is 5.83. The summed E-state index contributed by atoms with van der Waals surface area (Å²) in [6.07, 6.45) is 1.46. The molecule has 0 saturated heterocycles. The first-order valence-corrected chi connectivity index (χ1v) is 8.54. The van der Waals surface area contributed by atoms with Crippen molar-refractivity contribution < 1.29 is 8.78 Å². The first-order valence-electron chi connectivity index (χ1n) is 8.54. The summed E-state index contributed by atoms with van der Waals surface area (Å²) in [5.74, 6) is -1.19. The Labute approximate surface area is 152 Å². The van der Waals surface area contributed by atoms with Gasteiger partial charge in [0.2, 0.25) is 5.56 Å². The summed E-state index contributed by atoms with van der Waals surface area (Å²) in [4.78, 5) is 27.6. The van der Waals surface area contributed by atoms with Crippen LogP contribution >= 0.6 is 0 Å². The van der Waals surface area contributed by atoms with Gasteiger partial charge in [-0.15, -0.1) is 0 Å². The predicted octanol–water partition coefficient (Wildman–Crippen LogP) is 3.43. The summed E-state index contributed by atoms with van der Waals surface area (Å²) in [5, 5.41) is 0.441. The standard InChI is InChI=1S/C19H17F2N5O/c1-9(2)18-25-16-10(3)22-8-23-19(16)26(18)7-11-6-14(27)24-17-12(11)4-5-13(20)15(17)21/h4-6,8-9H,7H2,1-3H3,(H,24,27). The van der Waals surface area contributed by atoms with Crippen LogP contribution in [0.4, 0.5) is 8.78 Å². The third-order valence-electron chi connectivity index (χ3n) is 4.58. The molecule has 4 rings (SSSR count). The molecule has 27 heavy (non-hydrogen) atoms. The van der Waals surface area contributed by atoms with Crippen LogP contribution in [0.3, 0.4) is 0 Å². The minimum atomic E-state index is -1.07. The minimum Gasteiger partial charge on any atom is -0.319 e. The highest BCUT2D eigenvalue weighted by atomic mass is 19.2. The number of benzene rings is 1. The molecule has 3 aromatic heterocycles. The van der Waals surface area contributed by atoms with Gasteiger partial charge in [0.1, 0.15) is 17.7 Å². The molecule has 0 radical (unpaired) electrons. The van der Waals surface area contributed by atoms with Gasteiger partial charge in [-0.2, -0.15) is 0 Å². The molecule has 0 bridgehead atoms. The molecule has 0 aliphatic rings. The van der Waals surface area contributed by atoms with E-state index in [1.807, 2.05) is 25.3 Å². The Hall–Kier alpha value is -3.16. The second kappa shape index (κ2) is 6.22. The molecule has 3 heterocycles. The van der Waals surface area contributed by atoms with Crippen molar-refractivity contribution >= 4 is 22.1 Å². The molecular weight excluding hydrogens is 352 g/mol. The Bertz CT molecular complexity index is 1240. The average Bonchev–Trinajstić information content (AvgIpc) is 2.99. The smallest absolute Gasteiger partial charge is 0.248 e. The van der Waals surface area contributed by atoms with Gasteiger partial charge in [-0.25, -0.2) is 23.7 Å². The molecule has 0 fully saturated rings. The molecule has 1 aromatic carbocycles. The zero-order chi connectivity index (χ0) is 19.3. The molecule has 138 valence electrons. The van der Waals surface area contributed by atoms with Crippen LogP contribution in [0.5, 0.6) is 0 Å². The fourth-order valence-corrected chi connectivity index (χ4v) is 3.30. The van der Waals surface area contributed by atoms with Crippen LogP contribution in [0.2, 0.25) is 0 Å². The van der Waals surface area contributed by atoms with E-state index in [1.54, 1.807) is 0 Å². The molecule has 1 N–H and O–H groups in total. The van der Waals surface area contributed by atoms with Gasteiger partial charge in [-0.05, 0) is 24.6 Å². The predicted molar refractivity (Wildman–Crippen MR) is 97.7 cm³/mol. The first kappa shape index (κ1) is 17.3. The molecular formula is C19H17F2N5O. The molecule has 0 unspecified atom stereocenters. The second-order valence-electron chi connectivity index (χ2n) is 6.78. The maximum absolute atomic E-state index is 14.2. The van der Waals surface area contributed by atoms with Gasteiger partial charge in [0, 0.05) is 17.4 Å². The summed E-state index contributed by atoms with van der Waals surface area (Å²) in [5.41, 5.74) is 2.01. The van der Waals surface area contributed by atoms with Crippen LogP contribution in [0, 0.1) is 18.6 Å². The maximum Gasteiger partial charge on any atom is 0.248 e. The number of H-pyrrole nitrogens is 1. The van der Waals surface area contributed by atoms with Crippen molar-refractivity contribution in [3.8, 4) is 0 Å². The molecule has 0 aliphatic heterocycles. The number of hydrogen-bond acceptors (Lipinski definition) is 4. The van der Waals surface area contributed by atoms with Crippen molar-refractivity contribution in [2.24, 2.45) is 0 Å². The van der Waals surface area contributed by atoms with E-state index in [0.29, 0.717) is 22.1 Å². The SMILES string of the molecule is Cc1ncnc2c1nc(C(C)C)n2Cc1cc(=O)[nH]c2c(F)c(F)ccc12. The Morgan fingerprint density at radius 2 is 2.00 bits per heavy atom. The fraction of sp³-hybridized carbons (Fsp3) is 0.263. The summed E-state index contributed by atoms with van der Waals surface area (Å²) >= 11 is 0. The van der Waals surface area contributed by atoms with Gasteiger partial charge in [0.25, 0.3) is 0 Å². The monoisotopic (exact) mass is 369 g/mol. The number of aromatic nitrogens is 5. The number of aryl methyl sites for hydroxylation is 1. The number of rotatable bonds is 3. The van der Waals surface area contributed by atoms with E-state index >= 15 is 0 Å². The number of pyridine rings is 1. The highest BCUT2D eigenvalue weighted by Gasteiger charge is 2.19. The van der Waals surface area contributed by atoms with Gasteiger partial charge in [0.15, 0.2) is 17.3 Å². The summed E-state index contributed by atoms with van der Waals surface area (Å²) in [6, 6.07) is 3.91. The van der Waals surface area contributed by atoms with Crippen molar-refractivity contribution in [3.63, 3.8) is 0 Å². The van der Waals surface area contributed by atoms with Crippen LogP contribution in [-0.4, -0.2) is 24.5 Å². The number of aromatic amines is 1. The van der Waals surface area contributed by atoms with Gasteiger partial charge < -0.3 is 9.55 Å². The van der Waals surface area contributed by atoms with E-state index in [1.165, 1.54) is 18.5 Å². The molecule has 0 saturated carbocycles. The van der Waals surface area contributed by atoms with E-state index in [4.69, 9.17) is 0 Å². The number of hydrogen-bond donors (Lipinski definition) is 1. The second-order valence-corrected chi connectivity index (χ2v) is 6.78. The van der Waals surface area contributed by atoms with Crippen molar-refractivity contribution in [1.29, 1.82) is 0 Å². The van der Waals surface area contributed by atoms with Crippen molar-refractivity contribution in [2.75, 3.05) is 0 Å². The molecule has 0 spiro atoms. The maximum atomic E-state index is 14.2. The van der Waals surface area contributed by atoms with Gasteiger partial charge in [-0.3, -0.25) is 4.79 Å². The lowest BCUT2D eigenvalue weighted by Crippen LogP contribution is -2.13. The van der Waals surface area contributed by atoms with Gasteiger partial charge in [-0.1, -0.05) is 13.8 Å². The summed E-state index contributed by atoms with van der Waals surface area (Å²) < 4.78 is 29.6. The molecule has 0 atom stereocenters. The van der Waals surface area contributed by atoms with Gasteiger partial charge >= 0.3 is 0 Å².